The van der Waals surface area contributed by atoms with Gasteiger partial charge in [-0.2, -0.15) is 0 Å². The zero-order chi connectivity index (χ0) is 13.1. The first-order chi connectivity index (χ1) is 9.31. The SMILES string of the molecule is Cc1cc(CNCc2cc(-c3cccs3)cs2)no1. The zero-order valence-electron chi connectivity index (χ0n) is 10.6. The van der Waals surface area contributed by atoms with Crippen molar-refractivity contribution in [3.63, 3.8) is 0 Å². The van der Waals surface area contributed by atoms with Crippen molar-refractivity contribution in [2.75, 3.05) is 0 Å². The summed E-state index contributed by atoms with van der Waals surface area (Å²) in [6.45, 7) is 3.51. The van der Waals surface area contributed by atoms with Crippen molar-refractivity contribution in [3.05, 3.63) is 51.4 Å². The Labute approximate surface area is 119 Å². The van der Waals surface area contributed by atoms with Gasteiger partial charge >= 0.3 is 0 Å². The maximum absolute atomic E-state index is 5.03. The predicted octanol–water partition coefficient (Wildman–Crippen LogP) is 4.06. The lowest BCUT2D eigenvalue weighted by Gasteiger charge is -1.98. The van der Waals surface area contributed by atoms with Crippen LogP contribution in [0, 0.1) is 6.92 Å². The van der Waals surface area contributed by atoms with Crippen molar-refractivity contribution >= 4 is 22.7 Å². The van der Waals surface area contributed by atoms with E-state index in [4.69, 9.17) is 4.52 Å². The third-order valence-corrected chi connectivity index (χ3v) is 4.60. The summed E-state index contributed by atoms with van der Waals surface area (Å²) < 4.78 is 5.03. The number of nitrogens with zero attached hydrogens (tertiary/aromatic N) is 1. The highest BCUT2D eigenvalue weighted by Gasteiger charge is 2.04. The molecule has 0 bridgehead atoms. The molecule has 0 aliphatic rings. The Kier molecular flexibility index (Phi) is 3.77. The first-order valence-corrected chi connectivity index (χ1v) is 7.81. The normalized spacial score (nSPS) is 11.0. The first-order valence-electron chi connectivity index (χ1n) is 6.05. The molecule has 1 N–H and O–H groups in total. The first kappa shape index (κ1) is 12.6. The number of hydrogen-bond acceptors (Lipinski definition) is 5. The lowest BCUT2D eigenvalue weighted by Crippen LogP contribution is -2.11. The second-order valence-corrected chi connectivity index (χ2v) is 6.25. The quantitative estimate of drug-likeness (QED) is 0.770. The van der Waals surface area contributed by atoms with E-state index in [-0.39, 0.29) is 0 Å². The molecule has 19 heavy (non-hydrogen) atoms. The molecule has 0 aromatic carbocycles. The van der Waals surface area contributed by atoms with E-state index in [0.29, 0.717) is 0 Å². The molecule has 0 aliphatic carbocycles. The van der Waals surface area contributed by atoms with Crippen LogP contribution < -0.4 is 5.32 Å². The molecule has 98 valence electrons. The molecule has 3 aromatic heterocycles. The maximum Gasteiger partial charge on any atom is 0.133 e. The molecular formula is C14H14N2OS2. The Morgan fingerprint density at radius 3 is 2.95 bits per heavy atom. The van der Waals surface area contributed by atoms with Gasteiger partial charge in [-0.25, -0.2) is 0 Å². The molecule has 0 saturated heterocycles. The topological polar surface area (TPSA) is 38.1 Å². The molecule has 0 atom stereocenters. The molecule has 3 heterocycles. The van der Waals surface area contributed by atoms with Gasteiger partial charge in [0.25, 0.3) is 0 Å². The smallest absolute Gasteiger partial charge is 0.133 e. The van der Waals surface area contributed by atoms with E-state index in [1.54, 1.807) is 22.7 Å². The molecule has 0 amide bonds. The Bertz CT molecular complexity index is 640. The predicted molar refractivity (Wildman–Crippen MR) is 79.4 cm³/mol. The van der Waals surface area contributed by atoms with Gasteiger partial charge in [-0.1, -0.05) is 11.2 Å². The Balaban J connectivity index is 1.56. The average Bonchev–Trinajstić information content (AvgIpc) is 3.09. The number of nitrogens with one attached hydrogen (secondary N) is 1. The van der Waals surface area contributed by atoms with Gasteiger partial charge in [-0.15, -0.1) is 22.7 Å². The Morgan fingerprint density at radius 1 is 1.26 bits per heavy atom. The van der Waals surface area contributed by atoms with E-state index < -0.39 is 0 Å². The van der Waals surface area contributed by atoms with Crippen molar-refractivity contribution in [1.29, 1.82) is 0 Å². The summed E-state index contributed by atoms with van der Waals surface area (Å²) in [7, 11) is 0. The molecule has 3 rings (SSSR count). The molecule has 0 aliphatic heterocycles. The van der Waals surface area contributed by atoms with Crippen LogP contribution in [0.15, 0.2) is 39.5 Å². The molecule has 0 fully saturated rings. The van der Waals surface area contributed by atoms with E-state index in [0.717, 1.165) is 24.5 Å². The van der Waals surface area contributed by atoms with Crippen LogP contribution in [0.25, 0.3) is 10.4 Å². The van der Waals surface area contributed by atoms with Gasteiger partial charge in [-0.3, -0.25) is 0 Å². The summed E-state index contributed by atoms with van der Waals surface area (Å²) in [5, 5.41) is 11.7. The minimum atomic E-state index is 0.740. The number of rotatable bonds is 5. The van der Waals surface area contributed by atoms with E-state index in [1.165, 1.54) is 15.3 Å². The van der Waals surface area contributed by atoms with E-state index in [1.807, 2.05) is 13.0 Å². The number of hydrogen-bond donors (Lipinski definition) is 1. The van der Waals surface area contributed by atoms with Crippen LogP contribution in [-0.2, 0) is 13.1 Å². The number of thiophene rings is 2. The van der Waals surface area contributed by atoms with Crippen LogP contribution in [0.3, 0.4) is 0 Å². The highest BCUT2D eigenvalue weighted by atomic mass is 32.1. The fourth-order valence-corrected chi connectivity index (χ4v) is 3.50. The van der Waals surface area contributed by atoms with Crippen LogP contribution in [0.4, 0.5) is 0 Å². The average molecular weight is 290 g/mol. The molecule has 3 aromatic rings. The summed E-state index contributed by atoms with van der Waals surface area (Å²) in [5.41, 5.74) is 2.27. The van der Waals surface area contributed by atoms with Gasteiger partial charge in [0.15, 0.2) is 0 Å². The molecule has 0 saturated carbocycles. The maximum atomic E-state index is 5.03. The van der Waals surface area contributed by atoms with Gasteiger partial charge in [-0.05, 0) is 29.8 Å². The van der Waals surface area contributed by atoms with Crippen LogP contribution in [0.2, 0.25) is 0 Å². The monoisotopic (exact) mass is 290 g/mol. The summed E-state index contributed by atoms with van der Waals surface area (Å²) in [6.07, 6.45) is 0. The Morgan fingerprint density at radius 2 is 2.21 bits per heavy atom. The van der Waals surface area contributed by atoms with Gasteiger partial charge in [0.1, 0.15) is 5.76 Å². The van der Waals surface area contributed by atoms with Gasteiger partial charge in [0.05, 0.1) is 5.69 Å². The van der Waals surface area contributed by atoms with Gasteiger partial charge < -0.3 is 9.84 Å². The lowest BCUT2D eigenvalue weighted by molar-refractivity contribution is 0.388. The molecule has 5 heteroatoms. The number of aromatic nitrogens is 1. The largest absolute Gasteiger partial charge is 0.361 e. The molecular weight excluding hydrogens is 276 g/mol. The summed E-state index contributed by atoms with van der Waals surface area (Å²) in [4.78, 5) is 2.67. The van der Waals surface area contributed by atoms with Crippen LogP contribution in [-0.4, -0.2) is 5.16 Å². The van der Waals surface area contributed by atoms with Crippen molar-refractivity contribution < 1.29 is 4.52 Å². The van der Waals surface area contributed by atoms with Crippen molar-refractivity contribution in [2.24, 2.45) is 0 Å². The Hall–Kier alpha value is -1.43. The minimum Gasteiger partial charge on any atom is -0.361 e. The molecule has 0 unspecified atom stereocenters. The molecule has 0 radical (unpaired) electrons. The third-order valence-electron chi connectivity index (χ3n) is 2.74. The number of aryl methyl sites for hydroxylation is 1. The zero-order valence-corrected chi connectivity index (χ0v) is 12.2. The molecule has 3 nitrogen and oxygen atoms in total. The standard InChI is InChI=1S/C14H14N2OS2/c1-10-5-12(16-17-10)7-15-8-13-6-11(9-19-13)14-3-2-4-18-14/h2-6,9,15H,7-8H2,1H3. The second kappa shape index (κ2) is 5.69. The van der Waals surface area contributed by atoms with Crippen molar-refractivity contribution in [1.82, 2.24) is 10.5 Å². The van der Waals surface area contributed by atoms with Crippen LogP contribution >= 0.6 is 22.7 Å². The summed E-state index contributed by atoms with van der Waals surface area (Å²) in [6, 6.07) is 8.45. The van der Waals surface area contributed by atoms with Crippen LogP contribution in [0.1, 0.15) is 16.3 Å². The van der Waals surface area contributed by atoms with Crippen LogP contribution in [0.5, 0.6) is 0 Å². The fraction of sp³-hybridized carbons (Fsp3) is 0.214. The third kappa shape index (κ3) is 3.12. The summed E-state index contributed by atoms with van der Waals surface area (Å²) >= 11 is 3.57. The highest BCUT2D eigenvalue weighted by Crippen LogP contribution is 2.29. The van der Waals surface area contributed by atoms with Crippen molar-refractivity contribution in [3.8, 4) is 10.4 Å². The lowest BCUT2D eigenvalue weighted by atomic mass is 10.2. The van der Waals surface area contributed by atoms with E-state index in [2.05, 4.69) is 39.4 Å². The van der Waals surface area contributed by atoms with Gasteiger partial charge in [0, 0.05) is 34.5 Å². The minimum absolute atomic E-state index is 0.740. The molecule has 0 spiro atoms. The van der Waals surface area contributed by atoms with E-state index >= 15 is 0 Å². The van der Waals surface area contributed by atoms with E-state index in [9.17, 15) is 0 Å². The summed E-state index contributed by atoms with van der Waals surface area (Å²) in [5.74, 6) is 0.855. The van der Waals surface area contributed by atoms with Gasteiger partial charge in [0.2, 0.25) is 0 Å². The fourth-order valence-electron chi connectivity index (χ4n) is 1.86. The highest BCUT2D eigenvalue weighted by molar-refractivity contribution is 7.14. The second-order valence-electron chi connectivity index (χ2n) is 4.31. The van der Waals surface area contributed by atoms with Crippen molar-refractivity contribution in [2.45, 2.75) is 20.0 Å².